The van der Waals surface area contributed by atoms with Crippen molar-refractivity contribution in [3.8, 4) is 0 Å². The summed E-state index contributed by atoms with van der Waals surface area (Å²) in [6.45, 7) is 16.9. The summed E-state index contributed by atoms with van der Waals surface area (Å²) in [4.78, 5) is 61.6. The van der Waals surface area contributed by atoms with Gasteiger partial charge in [0.05, 0.1) is 5.92 Å². The van der Waals surface area contributed by atoms with Crippen molar-refractivity contribution in [3.63, 3.8) is 0 Å². The molecule has 38 heavy (non-hydrogen) atoms. The van der Waals surface area contributed by atoms with Crippen LogP contribution in [0.2, 0.25) is 0 Å². The van der Waals surface area contributed by atoms with Gasteiger partial charge in [-0.25, -0.2) is 11.0 Å². The monoisotopic (exact) mass is 536 g/mol. The summed E-state index contributed by atoms with van der Waals surface area (Å²) in [6, 6.07) is 0. The van der Waals surface area contributed by atoms with Gasteiger partial charge in [0.2, 0.25) is 0 Å². The van der Waals surface area contributed by atoms with E-state index in [1.807, 2.05) is 55.4 Å². The Labute approximate surface area is 227 Å². The first-order valence-electron chi connectivity index (χ1n) is 13.6. The van der Waals surface area contributed by atoms with Crippen molar-refractivity contribution in [1.29, 1.82) is 0 Å². The predicted molar refractivity (Wildman–Crippen MR) is 146 cm³/mol. The van der Waals surface area contributed by atoms with Crippen molar-refractivity contribution in [2.75, 3.05) is 13.1 Å². The zero-order valence-corrected chi connectivity index (χ0v) is 24.3. The Balaban J connectivity index is 2.68. The lowest BCUT2D eigenvalue weighted by Gasteiger charge is -2.23. The van der Waals surface area contributed by atoms with Crippen molar-refractivity contribution >= 4 is 23.6 Å². The molecular formula is C28H48N4O6. The summed E-state index contributed by atoms with van der Waals surface area (Å²) < 4.78 is 0. The molecule has 0 saturated heterocycles. The van der Waals surface area contributed by atoms with Crippen LogP contribution in [-0.4, -0.2) is 48.9 Å². The minimum atomic E-state index is -0.829. The van der Waals surface area contributed by atoms with E-state index in [9.17, 15) is 19.2 Å². The Morgan fingerprint density at radius 1 is 0.763 bits per heavy atom. The summed E-state index contributed by atoms with van der Waals surface area (Å²) in [5.41, 5.74) is 5.11. The Morgan fingerprint density at radius 3 is 1.68 bits per heavy atom. The molecule has 0 aromatic heterocycles. The highest BCUT2D eigenvalue weighted by Crippen LogP contribution is 2.20. The smallest absolute Gasteiger partial charge is 0.270 e. The molecule has 10 nitrogen and oxygen atoms in total. The number of hydrogen-bond donors (Lipinski definition) is 4. The van der Waals surface area contributed by atoms with Gasteiger partial charge < -0.3 is 10.6 Å². The maximum atomic E-state index is 12.8. The molecule has 1 aliphatic carbocycles. The summed E-state index contributed by atoms with van der Waals surface area (Å²) in [7, 11) is 0. The number of amides is 4. The van der Waals surface area contributed by atoms with E-state index in [1.54, 1.807) is 18.2 Å². The van der Waals surface area contributed by atoms with Gasteiger partial charge in [-0.05, 0) is 42.9 Å². The van der Waals surface area contributed by atoms with Crippen LogP contribution in [0.15, 0.2) is 23.8 Å². The van der Waals surface area contributed by atoms with E-state index in [1.165, 1.54) is 0 Å². The summed E-state index contributed by atoms with van der Waals surface area (Å²) in [5, 5.41) is 5.67. The fourth-order valence-electron chi connectivity index (χ4n) is 3.53. The van der Waals surface area contributed by atoms with Crippen LogP contribution in [0.3, 0.4) is 0 Å². The van der Waals surface area contributed by atoms with Crippen molar-refractivity contribution in [2.24, 2.45) is 29.6 Å². The van der Waals surface area contributed by atoms with Gasteiger partial charge >= 0.3 is 0 Å². The molecule has 0 aliphatic heterocycles. The van der Waals surface area contributed by atoms with Crippen LogP contribution in [0.4, 0.5) is 0 Å². The number of hydroxylamine groups is 2. The molecule has 0 aromatic carbocycles. The normalized spacial score (nSPS) is 16.8. The van der Waals surface area contributed by atoms with E-state index >= 15 is 0 Å². The molecule has 4 N–H and O–H groups in total. The number of rotatable bonds is 16. The maximum absolute atomic E-state index is 12.8. The van der Waals surface area contributed by atoms with E-state index in [-0.39, 0.29) is 41.9 Å². The molecule has 4 amide bonds. The predicted octanol–water partition coefficient (Wildman–Crippen LogP) is 2.96. The summed E-state index contributed by atoms with van der Waals surface area (Å²) >= 11 is 0. The van der Waals surface area contributed by atoms with Gasteiger partial charge in [0.25, 0.3) is 23.6 Å². The van der Waals surface area contributed by atoms with Gasteiger partial charge in [-0.1, -0.05) is 73.6 Å². The van der Waals surface area contributed by atoms with Crippen LogP contribution in [0.25, 0.3) is 0 Å². The van der Waals surface area contributed by atoms with Crippen molar-refractivity contribution in [2.45, 2.75) is 86.9 Å². The van der Waals surface area contributed by atoms with Crippen LogP contribution in [0.5, 0.6) is 0 Å². The molecule has 10 heteroatoms. The largest absolute Gasteiger partial charge is 0.354 e. The Kier molecular flexibility index (Phi) is 14.9. The van der Waals surface area contributed by atoms with Crippen molar-refractivity contribution < 1.29 is 28.9 Å². The molecule has 1 aliphatic rings. The van der Waals surface area contributed by atoms with Gasteiger partial charge in [0.1, 0.15) is 0 Å². The van der Waals surface area contributed by atoms with Crippen LogP contribution in [-0.2, 0) is 28.9 Å². The Hall–Kier alpha value is -2.72. The lowest BCUT2D eigenvalue weighted by atomic mass is 9.93. The topological polar surface area (TPSA) is 135 Å². The maximum Gasteiger partial charge on any atom is 0.270 e. The van der Waals surface area contributed by atoms with Gasteiger partial charge in [0.15, 0.2) is 12.2 Å². The third kappa shape index (κ3) is 13.2. The van der Waals surface area contributed by atoms with Gasteiger partial charge in [0, 0.05) is 18.7 Å². The summed E-state index contributed by atoms with van der Waals surface area (Å²) in [6.07, 6.45) is 4.22. The molecule has 216 valence electrons. The zero-order chi connectivity index (χ0) is 28.8. The number of allylic oxidation sites excluding steroid dienone is 2. The third-order valence-electron chi connectivity index (χ3n) is 5.63. The lowest BCUT2D eigenvalue weighted by Crippen LogP contribution is -2.44. The number of nitrogens with one attached hydrogen (secondary N) is 4. The van der Waals surface area contributed by atoms with E-state index in [0.29, 0.717) is 31.5 Å². The SMILES string of the molecule is CC(C)CNC(=O)[C@@H](CC(C)C)ONC(=O)C1=CC=CC(C(=O)NO[C@H](CC(C)C)C(=O)NCC(C)C)C1. The minimum absolute atomic E-state index is 0.115. The van der Waals surface area contributed by atoms with Crippen molar-refractivity contribution in [3.05, 3.63) is 23.8 Å². The van der Waals surface area contributed by atoms with Crippen molar-refractivity contribution in [1.82, 2.24) is 21.6 Å². The quantitative estimate of drug-likeness (QED) is 0.224. The molecule has 0 fully saturated rings. The standard InChI is InChI=1S/C28H48N4O6/c1-17(2)12-23(27(35)29-15-19(5)6)37-31-25(33)21-10-9-11-22(14-21)26(34)32-38-24(13-18(3)4)28(36)30-16-20(7)8/h9-11,17-21,23-24H,12-16H2,1-8H3,(H,29,35)(H,30,36)(H,31,33)(H,32,34)/t21?,23-,24-/m1/s1. The molecule has 1 rings (SSSR count). The van der Waals surface area contributed by atoms with Gasteiger partial charge in [-0.15, -0.1) is 0 Å². The highest BCUT2D eigenvalue weighted by molar-refractivity contribution is 5.95. The van der Waals surface area contributed by atoms with Crippen LogP contribution >= 0.6 is 0 Å². The molecule has 3 atom stereocenters. The highest BCUT2D eigenvalue weighted by Gasteiger charge is 2.28. The molecule has 0 saturated carbocycles. The van der Waals surface area contributed by atoms with E-state index in [4.69, 9.17) is 9.68 Å². The fraction of sp³-hybridized carbons (Fsp3) is 0.714. The van der Waals surface area contributed by atoms with Gasteiger partial charge in [-0.3, -0.25) is 28.9 Å². The minimum Gasteiger partial charge on any atom is -0.354 e. The number of carbonyl (C=O) groups is 4. The number of hydrogen-bond acceptors (Lipinski definition) is 6. The zero-order valence-electron chi connectivity index (χ0n) is 24.3. The second-order valence-electron chi connectivity index (χ2n) is 11.5. The first kappa shape index (κ1) is 33.3. The van der Waals surface area contributed by atoms with Crippen LogP contribution in [0.1, 0.15) is 74.7 Å². The molecule has 0 radical (unpaired) electrons. The van der Waals surface area contributed by atoms with E-state index in [0.717, 1.165) is 0 Å². The molecule has 0 heterocycles. The first-order chi connectivity index (χ1) is 17.8. The number of carbonyl (C=O) groups excluding carboxylic acids is 4. The highest BCUT2D eigenvalue weighted by atomic mass is 16.7. The third-order valence-corrected chi connectivity index (χ3v) is 5.63. The second-order valence-corrected chi connectivity index (χ2v) is 11.5. The molecule has 0 bridgehead atoms. The van der Waals surface area contributed by atoms with Crippen LogP contribution in [0, 0.1) is 29.6 Å². The average Bonchev–Trinajstić information content (AvgIpc) is 2.85. The second kappa shape index (κ2) is 17.0. The molecule has 0 spiro atoms. The molecular weight excluding hydrogens is 488 g/mol. The summed E-state index contributed by atoms with van der Waals surface area (Å²) in [5.74, 6) is -1.28. The molecule has 0 aromatic rings. The first-order valence-corrected chi connectivity index (χ1v) is 13.6. The fourth-order valence-corrected chi connectivity index (χ4v) is 3.53. The molecule has 1 unspecified atom stereocenters. The lowest BCUT2D eigenvalue weighted by molar-refractivity contribution is -0.151. The Morgan fingerprint density at radius 2 is 1.24 bits per heavy atom. The Bertz CT molecular complexity index is 850. The van der Waals surface area contributed by atoms with E-state index in [2.05, 4.69) is 21.6 Å². The van der Waals surface area contributed by atoms with E-state index < -0.39 is 29.9 Å². The van der Waals surface area contributed by atoms with Crippen LogP contribution < -0.4 is 21.6 Å². The van der Waals surface area contributed by atoms with Gasteiger partial charge in [-0.2, -0.15) is 0 Å². The average molecular weight is 537 g/mol.